The molecule has 0 heterocycles. The highest BCUT2D eigenvalue weighted by molar-refractivity contribution is 5.71. The summed E-state index contributed by atoms with van der Waals surface area (Å²) >= 11 is 0. The third-order valence-corrected chi connectivity index (χ3v) is 1.15. The van der Waals surface area contributed by atoms with Gasteiger partial charge in [-0.3, -0.25) is 0 Å². The van der Waals surface area contributed by atoms with E-state index in [0.29, 0.717) is 6.54 Å². The Hall–Kier alpha value is -1.71. The molecule has 4 nitrogen and oxygen atoms in total. The summed E-state index contributed by atoms with van der Waals surface area (Å²) in [7, 11) is 0. The van der Waals surface area contributed by atoms with E-state index in [9.17, 15) is 4.79 Å². The lowest BCUT2D eigenvalue weighted by molar-refractivity contribution is 0.249. The number of urea groups is 1. The number of hydrogen-bond donors (Lipinski definition) is 3. The average molecular weight is 181 g/mol. The van der Waals surface area contributed by atoms with E-state index in [1.54, 1.807) is 0 Å². The fraction of sp³-hybridized carbons (Fsp3) is 0.222. The Labute approximate surface area is 77.9 Å². The maximum absolute atomic E-state index is 9.71. The lowest BCUT2D eigenvalue weighted by atomic mass is 10.3. The van der Waals surface area contributed by atoms with Crippen molar-refractivity contribution in [1.29, 1.82) is 0 Å². The summed E-state index contributed by atoms with van der Waals surface area (Å²) in [4.78, 5) is 9.71. The molecule has 0 spiro atoms. The van der Waals surface area contributed by atoms with Gasteiger partial charge >= 0.3 is 6.03 Å². The predicted octanol–water partition coefficient (Wildman–Crippen LogP) is 0.943. The molecule has 0 fully saturated rings. The smallest absolute Gasteiger partial charge is 0.312 e. The number of benzene rings is 1. The second-order valence-electron chi connectivity index (χ2n) is 2.31. The molecule has 0 radical (unpaired) electrons. The van der Waals surface area contributed by atoms with Crippen LogP contribution < -0.4 is 16.8 Å². The molecule has 0 saturated heterocycles. The van der Waals surface area contributed by atoms with Gasteiger partial charge in [-0.25, -0.2) is 4.79 Å². The lowest BCUT2D eigenvalue weighted by Gasteiger charge is -1.88. The standard InChI is InChI=1S/C6H7N.C3H8N2O/c7-6-4-2-1-3-5-6;1-2-5-3(4)6/h1-5H,7H2;2H2,1H3,(H3,4,5,6). The summed E-state index contributed by atoms with van der Waals surface area (Å²) in [5, 5.41) is 2.35. The van der Waals surface area contributed by atoms with Crippen molar-refractivity contribution in [3.05, 3.63) is 30.3 Å². The van der Waals surface area contributed by atoms with Gasteiger partial charge in [-0.15, -0.1) is 0 Å². The van der Waals surface area contributed by atoms with E-state index in [0.717, 1.165) is 5.69 Å². The first-order valence-corrected chi connectivity index (χ1v) is 4.00. The minimum absolute atomic E-state index is 0.461. The Morgan fingerprint density at radius 2 is 1.92 bits per heavy atom. The van der Waals surface area contributed by atoms with Crippen molar-refractivity contribution >= 4 is 11.7 Å². The first kappa shape index (κ1) is 11.3. The van der Waals surface area contributed by atoms with Crippen molar-refractivity contribution < 1.29 is 4.79 Å². The first-order valence-electron chi connectivity index (χ1n) is 4.00. The number of amides is 2. The average Bonchev–Trinajstić information content (AvgIpc) is 2.06. The minimum Gasteiger partial charge on any atom is -0.399 e. The van der Waals surface area contributed by atoms with Crippen molar-refractivity contribution in [2.75, 3.05) is 12.3 Å². The van der Waals surface area contributed by atoms with Crippen LogP contribution in [0, 0.1) is 0 Å². The first-order chi connectivity index (χ1) is 6.16. The number of carbonyl (C=O) groups is 1. The number of rotatable bonds is 1. The molecule has 0 atom stereocenters. The Morgan fingerprint density at radius 3 is 2.08 bits per heavy atom. The van der Waals surface area contributed by atoms with E-state index in [1.807, 2.05) is 37.3 Å². The second-order valence-corrected chi connectivity index (χ2v) is 2.31. The second kappa shape index (κ2) is 6.97. The van der Waals surface area contributed by atoms with Gasteiger partial charge in [0.05, 0.1) is 0 Å². The van der Waals surface area contributed by atoms with Crippen LogP contribution >= 0.6 is 0 Å². The van der Waals surface area contributed by atoms with Gasteiger partial charge in [0.25, 0.3) is 0 Å². The highest BCUT2D eigenvalue weighted by Gasteiger charge is 1.79. The molecule has 72 valence electrons. The van der Waals surface area contributed by atoms with Crippen LogP contribution in [0.5, 0.6) is 0 Å². The molecule has 0 aromatic heterocycles. The number of nitrogens with one attached hydrogen (secondary N) is 1. The van der Waals surface area contributed by atoms with Gasteiger partial charge in [0.2, 0.25) is 0 Å². The fourth-order valence-electron chi connectivity index (χ4n) is 0.627. The van der Waals surface area contributed by atoms with Crippen LogP contribution in [0.2, 0.25) is 0 Å². The summed E-state index contributed by atoms with van der Waals surface area (Å²) < 4.78 is 0. The number of para-hydroxylation sites is 1. The molecule has 1 aromatic carbocycles. The molecule has 0 aliphatic heterocycles. The third-order valence-electron chi connectivity index (χ3n) is 1.15. The highest BCUT2D eigenvalue weighted by Crippen LogP contribution is 1.95. The quantitative estimate of drug-likeness (QED) is 0.563. The predicted molar refractivity (Wildman–Crippen MR) is 54.1 cm³/mol. The number of carbonyl (C=O) groups excluding carboxylic acids is 1. The van der Waals surface area contributed by atoms with E-state index >= 15 is 0 Å². The van der Waals surface area contributed by atoms with Crippen LogP contribution in [0.15, 0.2) is 30.3 Å². The zero-order valence-corrected chi connectivity index (χ0v) is 7.66. The van der Waals surface area contributed by atoms with Crippen LogP contribution in [0.1, 0.15) is 6.92 Å². The largest absolute Gasteiger partial charge is 0.399 e. The van der Waals surface area contributed by atoms with Crippen LogP contribution in [0.4, 0.5) is 10.5 Å². The maximum atomic E-state index is 9.71. The Balaban J connectivity index is 0.000000226. The van der Waals surface area contributed by atoms with Gasteiger partial charge in [-0.2, -0.15) is 0 Å². The molecule has 0 aliphatic rings. The summed E-state index contributed by atoms with van der Waals surface area (Å²) in [5.41, 5.74) is 10.8. The van der Waals surface area contributed by atoms with E-state index < -0.39 is 6.03 Å². The van der Waals surface area contributed by atoms with Gasteiger partial charge in [0.1, 0.15) is 0 Å². The van der Waals surface area contributed by atoms with Gasteiger partial charge < -0.3 is 16.8 Å². The van der Waals surface area contributed by atoms with Crippen LogP contribution in [0.3, 0.4) is 0 Å². The highest BCUT2D eigenvalue weighted by atomic mass is 16.2. The molecule has 4 heteroatoms. The summed E-state index contributed by atoms with van der Waals surface area (Å²) in [6.45, 7) is 2.42. The number of nitrogen functional groups attached to an aromatic ring is 1. The monoisotopic (exact) mass is 181 g/mol. The Kier molecular flexibility index (Phi) is 6.05. The van der Waals surface area contributed by atoms with E-state index in [4.69, 9.17) is 5.73 Å². The van der Waals surface area contributed by atoms with Crippen molar-refractivity contribution in [2.45, 2.75) is 6.92 Å². The van der Waals surface area contributed by atoms with Gasteiger partial charge in [0, 0.05) is 12.2 Å². The summed E-state index contributed by atoms with van der Waals surface area (Å²) in [6, 6.07) is 9.03. The fourth-order valence-corrected chi connectivity index (χ4v) is 0.627. The van der Waals surface area contributed by atoms with Crippen LogP contribution in [-0.2, 0) is 0 Å². The molecule has 1 aromatic rings. The van der Waals surface area contributed by atoms with E-state index in [2.05, 4.69) is 11.1 Å². The van der Waals surface area contributed by atoms with Gasteiger partial charge in [0.15, 0.2) is 0 Å². The van der Waals surface area contributed by atoms with Crippen molar-refractivity contribution in [1.82, 2.24) is 5.32 Å². The lowest BCUT2D eigenvalue weighted by Crippen LogP contribution is -2.28. The van der Waals surface area contributed by atoms with Crippen LogP contribution in [-0.4, -0.2) is 12.6 Å². The van der Waals surface area contributed by atoms with Crippen molar-refractivity contribution in [3.8, 4) is 0 Å². The summed E-state index contributed by atoms with van der Waals surface area (Å²) in [5.74, 6) is 0. The normalized spacial score (nSPS) is 8.08. The molecule has 13 heavy (non-hydrogen) atoms. The maximum Gasteiger partial charge on any atom is 0.312 e. The molecular weight excluding hydrogens is 166 g/mol. The van der Waals surface area contributed by atoms with Gasteiger partial charge in [-0.05, 0) is 19.1 Å². The van der Waals surface area contributed by atoms with Crippen molar-refractivity contribution in [2.24, 2.45) is 5.73 Å². The number of nitrogens with two attached hydrogens (primary N) is 2. The van der Waals surface area contributed by atoms with E-state index in [-0.39, 0.29) is 0 Å². The zero-order valence-electron chi connectivity index (χ0n) is 7.66. The SMILES string of the molecule is CCNC(N)=O.Nc1ccccc1. The molecular formula is C9H15N3O. The molecule has 2 amide bonds. The molecule has 1 rings (SSSR count). The van der Waals surface area contributed by atoms with Crippen LogP contribution in [0.25, 0.3) is 0 Å². The Morgan fingerprint density at radius 1 is 1.38 bits per heavy atom. The Bertz CT molecular complexity index is 236. The molecule has 0 unspecified atom stereocenters. The zero-order chi connectivity index (χ0) is 10.1. The topological polar surface area (TPSA) is 81.1 Å². The molecule has 0 bridgehead atoms. The minimum atomic E-state index is -0.461. The molecule has 0 saturated carbocycles. The summed E-state index contributed by atoms with van der Waals surface area (Å²) in [6.07, 6.45) is 0. The van der Waals surface area contributed by atoms with E-state index in [1.165, 1.54) is 0 Å². The number of primary amides is 1. The molecule has 0 aliphatic carbocycles. The van der Waals surface area contributed by atoms with Crippen molar-refractivity contribution in [3.63, 3.8) is 0 Å². The number of anilines is 1. The van der Waals surface area contributed by atoms with Gasteiger partial charge in [-0.1, -0.05) is 18.2 Å². The number of hydrogen-bond acceptors (Lipinski definition) is 2. The molecule has 5 N–H and O–H groups in total. The third kappa shape index (κ3) is 8.19.